The molecule has 1 heterocycles. The Labute approximate surface area is 296 Å². The third-order valence-electron chi connectivity index (χ3n) is 6.26. The molecule has 2 saturated carbocycles. The van der Waals surface area contributed by atoms with Gasteiger partial charge in [-0.05, 0) is 98.3 Å². The Kier molecular flexibility index (Phi) is 18.0. The summed E-state index contributed by atoms with van der Waals surface area (Å²) in [5, 5.41) is 2.29. The predicted octanol–water partition coefficient (Wildman–Crippen LogP) is 3.17. The normalized spacial score (nSPS) is 19.2. The van der Waals surface area contributed by atoms with Crippen LogP contribution in [0.5, 0.6) is 0 Å². The molecule has 3 rings (SSSR count). The number of carbonyl (C=O) groups excluding carboxylic acids is 4. The van der Waals surface area contributed by atoms with Crippen molar-refractivity contribution in [1.29, 1.82) is 0 Å². The van der Waals surface area contributed by atoms with Crippen molar-refractivity contribution in [2.75, 3.05) is 35.2 Å². The van der Waals surface area contributed by atoms with E-state index in [4.69, 9.17) is 14.2 Å². The minimum atomic E-state index is -0.620. The molecule has 2 aliphatic carbocycles. The van der Waals surface area contributed by atoms with Crippen molar-refractivity contribution in [2.45, 2.75) is 105 Å². The van der Waals surface area contributed by atoms with Crippen LogP contribution in [0.4, 0.5) is 9.59 Å². The molecular formula is C28H49I2N2NaO8. The van der Waals surface area contributed by atoms with Crippen LogP contribution >= 0.6 is 45.2 Å². The van der Waals surface area contributed by atoms with Crippen LogP contribution in [0.15, 0.2) is 0 Å². The molecule has 2 amide bonds. The third kappa shape index (κ3) is 16.5. The third-order valence-corrected chi connectivity index (χ3v) is 9.49. The maximum atomic E-state index is 12.2. The van der Waals surface area contributed by atoms with Gasteiger partial charge in [0.05, 0.1) is 13.2 Å². The number of alkyl carbamates (subject to hydrolysis) is 1. The number of esters is 2. The summed E-state index contributed by atoms with van der Waals surface area (Å²) in [6.07, 6.45) is 4.83. The van der Waals surface area contributed by atoms with Gasteiger partial charge in [-0.3, -0.25) is 9.69 Å². The molecule has 0 aromatic carbocycles. The first-order chi connectivity index (χ1) is 18.4. The van der Waals surface area contributed by atoms with Crippen molar-refractivity contribution in [3.63, 3.8) is 0 Å². The Morgan fingerprint density at radius 2 is 1.39 bits per heavy atom. The number of carbonyl (C=O) groups is 4. The van der Waals surface area contributed by atoms with Crippen molar-refractivity contribution >= 4 is 69.3 Å². The Bertz CT molecular complexity index is 869. The molecule has 1 saturated heterocycles. The first-order valence-corrected chi connectivity index (χ1v) is 16.9. The van der Waals surface area contributed by atoms with Crippen LogP contribution in [-0.4, -0.2) is 81.4 Å². The number of hydrogen-bond acceptors (Lipinski definition) is 8. The van der Waals surface area contributed by atoms with Gasteiger partial charge in [-0.2, -0.15) is 0 Å². The van der Waals surface area contributed by atoms with E-state index in [2.05, 4.69) is 55.2 Å². The van der Waals surface area contributed by atoms with Crippen LogP contribution < -0.4 is 34.9 Å². The Balaban J connectivity index is 0. The van der Waals surface area contributed by atoms with E-state index in [9.17, 15) is 19.2 Å². The fourth-order valence-corrected chi connectivity index (χ4v) is 6.80. The first kappa shape index (κ1) is 40.9. The second kappa shape index (κ2) is 18.0. The summed E-state index contributed by atoms with van der Waals surface area (Å²) in [7, 11) is 0. The SMILES string of the molecule is CCOC(=O)C1CC2(CC2)CN1C(=O)OC(C)(C)C.CCOC(=O)CNC(=O)OC(C)(C)C.ICC1(CI)CC1.[H-].[Na+]. The van der Waals surface area contributed by atoms with Gasteiger partial charge in [-0.15, -0.1) is 0 Å². The van der Waals surface area contributed by atoms with Gasteiger partial charge in [0.2, 0.25) is 0 Å². The van der Waals surface area contributed by atoms with Crippen molar-refractivity contribution in [3.8, 4) is 0 Å². The fourth-order valence-electron chi connectivity index (χ4n) is 3.71. The van der Waals surface area contributed by atoms with Gasteiger partial charge in [-0.25, -0.2) is 14.4 Å². The number of nitrogens with one attached hydrogen (secondary N) is 1. The second-order valence-corrected chi connectivity index (χ2v) is 14.0. The molecule has 0 aromatic heterocycles. The van der Waals surface area contributed by atoms with Gasteiger partial charge < -0.3 is 25.7 Å². The van der Waals surface area contributed by atoms with E-state index in [1.165, 1.54) is 21.7 Å². The van der Waals surface area contributed by atoms with Gasteiger partial charge >= 0.3 is 53.7 Å². The molecule has 234 valence electrons. The molecule has 0 radical (unpaired) electrons. The van der Waals surface area contributed by atoms with Gasteiger partial charge in [0.1, 0.15) is 23.8 Å². The summed E-state index contributed by atoms with van der Waals surface area (Å²) < 4.78 is 22.7. The van der Waals surface area contributed by atoms with E-state index >= 15 is 0 Å². The van der Waals surface area contributed by atoms with Crippen LogP contribution in [0.1, 0.15) is 88.9 Å². The van der Waals surface area contributed by atoms with Crippen molar-refractivity contribution in [1.82, 2.24) is 10.2 Å². The van der Waals surface area contributed by atoms with Crippen molar-refractivity contribution in [2.24, 2.45) is 10.8 Å². The van der Waals surface area contributed by atoms with E-state index < -0.39 is 35.4 Å². The van der Waals surface area contributed by atoms with Crippen molar-refractivity contribution < 1.29 is 69.1 Å². The Morgan fingerprint density at radius 1 is 0.878 bits per heavy atom. The summed E-state index contributed by atoms with van der Waals surface area (Å²) in [5.41, 5.74) is -0.149. The summed E-state index contributed by atoms with van der Waals surface area (Å²) in [6, 6.07) is -0.475. The van der Waals surface area contributed by atoms with Gasteiger partial charge in [0, 0.05) is 15.4 Å². The number of ether oxygens (including phenoxy) is 4. The molecular weight excluding hydrogens is 769 g/mol. The molecule has 41 heavy (non-hydrogen) atoms. The molecule has 0 aromatic rings. The van der Waals surface area contributed by atoms with E-state index in [1.807, 2.05) is 20.8 Å². The van der Waals surface area contributed by atoms with Gasteiger partial charge in [0.25, 0.3) is 0 Å². The molecule has 1 spiro atoms. The van der Waals surface area contributed by atoms with E-state index in [0.29, 0.717) is 26.2 Å². The molecule has 13 heteroatoms. The van der Waals surface area contributed by atoms with Crippen molar-refractivity contribution in [3.05, 3.63) is 0 Å². The molecule has 3 fully saturated rings. The Morgan fingerprint density at radius 3 is 1.76 bits per heavy atom. The van der Waals surface area contributed by atoms with Crippen LogP contribution in [0.3, 0.4) is 0 Å². The number of amides is 2. The summed E-state index contributed by atoms with van der Waals surface area (Å²) in [5.74, 6) is -0.782. The molecule has 1 unspecified atom stereocenters. The maximum Gasteiger partial charge on any atom is 1.00 e. The average molecular weight is 819 g/mol. The van der Waals surface area contributed by atoms with Gasteiger partial charge in [-0.1, -0.05) is 45.2 Å². The molecule has 3 aliphatic rings. The van der Waals surface area contributed by atoms with Gasteiger partial charge in [0.15, 0.2) is 0 Å². The molecule has 1 atom stereocenters. The number of hydrogen-bond donors (Lipinski definition) is 1. The predicted molar refractivity (Wildman–Crippen MR) is 171 cm³/mol. The van der Waals surface area contributed by atoms with Crippen LogP contribution in [0.2, 0.25) is 0 Å². The zero-order chi connectivity index (χ0) is 30.8. The first-order valence-electron chi connectivity index (χ1n) is 13.8. The number of halogens is 2. The fraction of sp³-hybridized carbons (Fsp3) is 0.857. The zero-order valence-electron chi connectivity index (χ0n) is 27.3. The van der Waals surface area contributed by atoms with E-state index in [1.54, 1.807) is 39.5 Å². The standard InChI is InChI=1S/C14H23NO4.C9H17NO4.C5H8I2.Na.H/c1-5-18-11(16)10-8-14(6-7-14)9-15(10)12(17)19-13(2,3)4;1-5-13-7(11)6-10-8(12)14-9(2,3)4;6-3-5(4-7)1-2-5;;/h10H,5-9H2,1-4H3;5-6H2,1-4H3,(H,10,12);1-4H2;;/q;;;+1;-1. The van der Waals surface area contributed by atoms with E-state index in [0.717, 1.165) is 18.3 Å². The molecule has 1 N–H and O–H groups in total. The second-order valence-electron chi connectivity index (χ2n) is 12.5. The summed E-state index contributed by atoms with van der Waals surface area (Å²) in [4.78, 5) is 47.6. The number of nitrogens with zero attached hydrogens (tertiary/aromatic N) is 1. The smallest absolute Gasteiger partial charge is 1.00 e. The van der Waals surface area contributed by atoms with E-state index in [-0.39, 0.29) is 48.9 Å². The quantitative estimate of drug-likeness (QED) is 0.137. The monoisotopic (exact) mass is 818 g/mol. The van der Waals surface area contributed by atoms with Crippen LogP contribution in [0, 0.1) is 10.8 Å². The van der Waals surface area contributed by atoms with Crippen LogP contribution in [-0.2, 0) is 28.5 Å². The zero-order valence-corrected chi connectivity index (χ0v) is 32.6. The largest absolute Gasteiger partial charge is 1.00 e. The van der Waals surface area contributed by atoms with Crippen LogP contribution in [0.25, 0.3) is 0 Å². The molecule has 0 bridgehead atoms. The minimum absolute atomic E-state index is 0. The average Bonchev–Trinajstić information content (AvgIpc) is 3.74. The number of rotatable bonds is 7. The Hall–Kier alpha value is -0.0600. The number of likely N-dealkylation sites (tertiary alicyclic amines) is 1. The minimum Gasteiger partial charge on any atom is -1.00 e. The maximum absolute atomic E-state index is 12.2. The topological polar surface area (TPSA) is 120 Å². The number of alkyl halides is 2. The molecule has 10 nitrogen and oxygen atoms in total. The summed E-state index contributed by atoms with van der Waals surface area (Å²) >= 11 is 4.98. The molecule has 1 aliphatic heterocycles. The summed E-state index contributed by atoms with van der Waals surface area (Å²) in [6.45, 7) is 15.3.